The molecule has 0 radical (unpaired) electrons. The van der Waals surface area contributed by atoms with Crippen LogP contribution in [-0.4, -0.2) is 60.1 Å². The fraction of sp³-hybridized carbons (Fsp3) is 0.625. The summed E-state index contributed by atoms with van der Waals surface area (Å²) in [4.78, 5) is 13.2. The molecule has 0 spiro atoms. The van der Waals surface area contributed by atoms with E-state index < -0.39 is 0 Å². The number of hydrogen-bond acceptors (Lipinski definition) is 4. The molecule has 5 heteroatoms. The molecule has 0 atom stereocenters. The largest absolute Gasteiger partial charge is 0.497 e. The number of imidazole rings is 1. The van der Waals surface area contributed by atoms with E-state index in [4.69, 9.17) is 4.74 Å². The number of nitrogens with one attached hydrogen (secondary N) is 1. The van der Waals surface area contributed by atoms with Crippen molar-refractivity contribution in [2.24, 2.45) is 5.92 Å². The van der Waals surface area contributed by atoms with Gasteiger partial charge in [0.15, 0.2) is 0 Å². The maximum Gasteiger partial charge on any atom is 0.118 e. The summed E-state index contributed by atoms with van der Waals surface area (Å²) in [5.74, 6) is 2.86. The van der Waals surface area contributed by atoms with Gasteiger partial charge in [-0.15, -0.1) is 0 Å². The predicted molar refractivity (Wildman–Crippen MR) is 119 cm³/mol. The molecular formula is C24H38N4O. The standard InChI is InChI=1S/C24H38N4O/c1-4-5-6-24-25-17-22(26-24)19-28(18-21-11-14-27(2)15-12-21)16-13-20-7-9-23(29-3)10-8-20/h7-10,17,21H,4-6,11-16,18-19H2,1-3H3,(H,25,26). The molecule has 1 saturated heterocycles. The fourth-order valence-corrected chi connectivity index (χ4v) is 4.12. The third-order valence-electron chi connectivity index (χ3n) is 6.07. The van der Waals surface area contributed by atoms with Gasteiger partial charge in [0, 0.05) is 37.9 Å². The molecule has 160 valence electrons. The zero-order valence-electron chi connectivity index (χ0n) is 18.5. The molecule has 1 aromatic heterocycles. The molecule has 1 aromatic carbocycles. The number of benzene rings is 1. The summed E-state index contributed by atoms with van der Waals surface area (Å²) >= 11 is 0. The number of rotatable bonds is 11. The van der Waals surface area contributed by atoms with Crippen molar-refractivity contribution in [2.45, 2.75) is 52.0 Å². The maximum absolute atomic E-state index is 5.29. The number of piperidine rings is 1. The van der Waals surface area contributed by atoms with Gasteiger partial charge < -0.3 is 14.6 Å². The first-order chi connectivity index (χ1) is 14.2. The van der Waals surface area contributed by atoms with Crippen LogP contribution in [-0.2, 0) is 19.4 Å². The molecule has 0 bridgehead atoms. The van der Waals surface area contributed by atoms with Crippen molar-refractivity contribution in [1.29, 1.82) is 0 Å². The predicted octanol–water partition coefficient (Wildman–Crippen LogP) is 4.15. The normalized spacial score (nSPS) is 15.9. The van der Waals surface area contributed by atoms with E-state index in [9.17, 15) is 0 Å². The van der Waals surface area contributed by atoms with Crippen LogP contribution < -0.4 is 4.74 Å². The second-order valence-corrected chi connectivity index (χ2v) is 8.54. The average molecular weight is 399 g/mol. The number of nitrogens with zero attached hydrogens (tertiary/aromatic N) is 3. The third-order valence-corrected chi connectivity index (χ3v) is 6.07. The minimum Gasteiger partial charge on any atom is -0.497 e. The van der Waals surface area contributed by atoms with Gasteiger partial charge in [-0.2, -0.15) is 0 Å². The Kier molecular flexibility index (Phi) is 8.56. The van der Waals surface area contributed by atoms with E-state index in [2.05, 4.69) is 58.0 Å². The summed E-state index contributed by atoms with van der Waals surface area (Å²) in [6, 6.07) is 8.49. The second-order valence-electron chi connectivity index (χ2n) is 8.54. The zero-order chi connectivity index (χ0) is 20.5. The van der Waals surface area contributed by atoms with E-state index in [0.29, 0.717) is 0 Å². The minimum absolute atomic E-state index is 0.796. The Balaban J connectivity index is 1.59. The van der Waals surface area contributed by atoms with Crippen molar-refractivity contribution in [1.82, 2.24) is 19.8 Å². The van der Waals surface area contributed by atoms with Crippen LogP contribution in [0.2, 0.25) is 0 Å². The van der Waals surface area contributed by atoms with Crippen molar-refractivity contribution in [2.75, 3.05) is 40.3 Å². The first kappa shape index (κ1) is 21.8. The molecule has 3 rings (SSSR count). The Labute approximate surface area is 176 Å². The molecule has 0 amide bonds. The molecular weight excluding hydrogens is 360 g/mol. The van der Waals surface area contributed by atoms with Gasteiger partial charge in [-0.25, -0.2) is 4.98 Å². The van der Waals surface area contributed by atoms with Gasteiger partial charge in [0.2, 0.25) is 0 Å². The van der Waals surface area contributed by atoms with E-state index in [1.165, 1.54) is 56.6 Å². The van der Waals surface area contributed by atoms with Crippen molar-refractivity contribution in [3.05, 3.63) is 47.5 Å². The van der Waals surface area contributed by atoms with Crippen LogP contribution in [0.25, 0.3) is 0 Å². The topological polar surface area (TPSA) is 44.4 Å². The molecule has 2 heterocycles. The molecule has 1 aliphatic rings. The number of unbranched alkanes of at least 4 members (excludes halogenated alkanes) is 1. The highest BCUT2D eigenvalue weighted by Crippen LogP contribution is 2.19. The molecule has 5 nitrogen and oxygen atoms in total. The molecule has 2 aromatic rings. The van der Waals surface area contributed by atoms with Gasteiger partial charge in [0.25, 0.3) is 0 Å². The molecule has 29 heavy (non-hydrogen) atoms. The third kappa shape index (κ3) is 7.16. The lowest BCUT2D eigenvalue weighted by molar-refractivity contribution is 0.156. The molecule has 0 saturated carbocycles. The van der Waals surface area contributed by atoms with E-state index >= 15 is 0 Å². The lowest BCUT2D eigenvalue weighted by Gasteiger charge is -2.33. The van der Waals surface area contributed by atoms with Gasteiger partial charge in [-0.1, -0.05) is 25.5 Å². The van der Waals surface area contributed by atoms with Crippen molar-refractivity contribution >= 4 is 0 Å². The van der Waals surface area contributed by atoms with E-state index in [-0.39, 0.29) is 0 Å². The smallest absolute Gasteiger partial charge is 0.118 e. The summed E-state index contributed by atoms with van der Waals surface area (Å²) < 4.78 is 5.29. The van der Waals surface area contributed by atoms with Crippen LogP contribution in [0.5, 0.6) is 5.75 Å². The first-order valence-electron chi connectivity index (χ1n) is 11.2. The lowest BCUT2D eigenvalue weighted by atomic mass is 9.96. The number of likely N-dealkylation sites (tertiary alicyclic amines) is 1. The summed E-state index contributed by atoms with van der Waals surface area (Å²) in [6.07, 6.45) is 9.18. The Morgan fingerprint density at radius 2 is 1.93 bits per heavy atom. The molecule has 0 unspecified atom stereocenters. The quantitative estimate of drug-likeness (QED) is 0.618. The van der Waals surface area contributed by atoms with Crippen LogP contribution in [0.1, 0.15) is 49.7 Å². The van der Waals surface area contributed by atoms with Crippen LogP contribution in [0.15, 0.2) is 30.5 Å². The van der Waals surface area contributed by atoms with E-state index in [0.717, 1.165) is 43.4 Å². The highest BCUT2D eigenvalue weighted by atomic mass is 16.5. The lowest BCUT2D eigenvalue weighted by Crippen LogP contribution is -2.37. The van der Waals surface area contributed by atoms with Crippen LogP contribution in [0.4, 0.5) is 0 Å². The van der Waals surface area contributed by atoms with E-state index in [1.54, 1.807) is 7.11 Å². The Hall–Kier alpha value is -1.85. The van der Waals surface area contributed by atoms with Crippen LogP contribution in [0, 0.1) is 5.92 Å². The Bertz CT molecular complexity index is 704. The monoisotopic (exact) mass is 398 g/mol. The summed E-state index contributed by atoms with van der Waals surface area (Å²) in [5.41, 5.74) is 2.62. The van der Waals surface area contributed by atoms with Crippen molar-refractivity contribution < 1.29 is 4.74 Å². The fourth-order valence-electron chi connectivity index (χ4n) is 4.12. The summed E-state index contributed by atoms with van der Waals surface area (Å²) in [6.45, 7) is 7.88. The maximum atomic E-state index is 5.29. The number of ether oxygens (including phenoxy) is 1. The molecule has 1 aliphatic heterocycles. The van der Waals surface area contributed by atoms with Gasteiger partial charge in [-0.3, -0.25) is 4.90 Å². The summed E-state index contributed by atoms with van der Waals surface area (Å²) in [5, 5.41) is 0. The van der Waals surface area contributed by atoms with Crippen LogP contribution in [0.3, 0.4) is 0 Å². The SMILES string of the molecule is CCCCc1ncc(CN(CCc2ccc(OC)cc2)CC2CCN(C)CC2)[nH]1. The Morgan fingerprint density at radius 3 is 2.62 bits per heavy atom. The molecule has 1 N–H and O–H groups in total. The minimum atomic E-state index is 0.796. The first-order valence-corrected chi connectivity index (χ1v) is 11.2. The number of H-pyrrole nitrogens is 1. The number of methoxy groups -OCH3 is 1. The van der Waals surface area contributed by atoms with Gasteiger partial charge in [-0.05, 0) is 69.4 Å². The van der Waals surface area contributed by atoms with Gasteiger partial charge >= 0.3 is 0 Å². The number of hydrogen-bond donors (Lipinski definition) is 1. The zero-order valence-corrected chi connectivity index (χ0v) is 18.5. The highest BCUT2D eigenvalue weighted by molar-refractivity contribution is 5.27. The van der Waals surface area contributed by atoms with Crippen LogP contribution >= 0.6 is 0 Å². The second kappa shape index (κ2) is 11.4. The highest BCUT2D eigenvalue weighted by Gasteiger charge is 2.20. The number of aromatic amines is 1. The number of aryl methyl sites for hydroxylation is 1. The van der Waals surface area contributed by atoms with E-state index in [1.807, 2.05) is 6.20 Å². The Morgan fingerprint density at radius 1 is 1.17 bits per heavy atom. The molecule has 1 fully saturated rings. The number of aromatic nitrogens is 2. The van der Waals surface area contributed by atoms with Crippen molar-refractivity contribution in [3.8, 4) is 5.75 Å². The average Bonchev–Trinajstić information content (AvgIpc) is 3.19. The van der Waals surface area contributed by atoms with Gasteiger partial charge in [0.1, 0.15) is 11.6 Å². The van der Waals surface area contributed by atoms with Crippen molar-refractivity contribution in [3.63, 3.8) is 0 Å². The summed E-state index contributed by atoms with van der Waals surface area (Å²) in [7, 11) is 3.96. The molecule has 0 aliphatic carbocycles. The van der Waals surface area contributed by atoms with Gasteiger partial charge in [0.05, 0.1) is 7.11 Å².